The van der Waals surface area contributed by atoms with Gasteiger partial charge in [-0.3, -0.25) is 4.79 Å². The fourth-order valence-electron chi connectivity index (χ4n) is 1.70. The Hall–Kier alpha value is -0.690. The molecule has 1 amide bonds. The molecule has 1 fully saturated rings. The molecule has 84 valence electrons. The van der Waals surface area contributed by atoms with E-state index in [4.69, 9.17) is 5.26 Å². The number of carbonyl (C=O) groups is 1. The second-order valence-electron chi connectivity index (χ2n) is 4.32. The summed E-state index contributed by atoms with van der Waals surface area (Å²) >= 11 is 1.78. The Morgan fingerprint density at radius 1 is 1.67 bits per heavy atom. The van der Waals surface area contributed by atoms with Crippen LogP contribution in [-0.2, 0) is 4.79 Å². The van der Waals surface area contributed by atoms with Gasteiger partial charge >= 0.3 is 0 Å². The number of nitrogens with one attached hydrogen (secondary N) is 1. The smallest absolute Gasteiger partial charge is 0.240 e. The van der Waals surface area contributed by atoms with Crippen molar-refractivity contribution in [1.29, 1.82) is 5.26 Å². The van der Waals surface area contributed by atoms with Crippen molar-refractivity contribution in [2.24, 2.45) is 11.3 Å². The van der Waals surface area contributed by atoms with Crippen LogP contribution in [0.3, 0.4) is 0 Å². The number of hydrogen-bond acceptors (Lipinski definition) is 3. The molecular formula is C11H18N2OS. The molecule has 1 atom stereocenters. The normalized spacial score (nSPS) is 19.8. The van der Waals surface area contributed by atoms with Gasteiger partial charge in [-0.2, -0.15) is 17.0 Å². The van der Waals surface area contributed by atoms with Crippen LogP contribution in [0.5, 0.6) is 0 Å². The molecule has 1 aliphatic rings. The van der Waals surface area contributed by atoms with E-state index < -0.39 is 5.41 Å². The minimum atomic E-state index is -0.695. The fraction of sp³-hybridized carbons (Fsp3) is 0.818. The number of amides is 1. The standard InChI is InChI=1S/C11H18N2OS/c1-9(7-15-2)6-13-10(14)11(8-12)4-3-5-11/h9H,3-7H2,1-2H3,(H,13,14). The van der Waals surface area contributed by atoms with Gasteiger partial charge in [0.2, 0.25) is 5.91 Å². The molecule has 4 heteroatoms. The average Bonchev–Trinajstić information content (AvgIpc) is 2.14. The molecule has 0 aromatic rings. The molecule has 0 aromatic heterocycles. The first-order chi connectivity index (χ1) is 7.14. The van der Waals surface area contributed by atoms with E-state index in [2.05, 4.69) is 24.6 Å². The Morgan fingerprint density at radius 2 is 2.33 bits per heavy atom. The second-order valence-corrected chi connectivity index (χ2v) is 5.23. The van der Waals surface area contributed by atoms with Crippen LogP contribution in [0.2, 0.25) is 0 Å². The largest absolute Gasteiger partial charge is 0.354 e. The van der Waals surface area contributed by atoms with Gasteiger partial charge in [0.15, 0.2) is 0 Å². The van der Waals surface area contributed by atoms with Gasteiger partial charge in [0.05, 0.1) is 6.07 Å². The van der Waals surface area contributed by atoms with Crippen LogP contribution in [0.1, 0.15) is 26.2 Å². The summed E-state index contributed by atoms with van der Waals surface area (Å²) in [6.07, 6.45) is 4.51. The molecule has 0 spiro atoms. The topological polar surface area (TPSA) is 52.9 Å². The number of rotatable bonds is 5. The second kappa shape index (κ2) is 5.41. The monoisotopic (exact) mass is 226 g/mol. The van der Waals surface area contributed by atoms with Crippen molar-refractivity contribution < 1.29 is 4.79 Å². The predicted octanol–water partition coefficient (Wildman–Crippen LogP) is 1.80. The Bertz CT molecular complexity index is 268. The molecule has 1 N–H and O–H groups in total. The van der Waals surface area contributed by atoms with Crippen LogP contribution in [0, 0.1) is 22.7 Å². The summed E-state index contributed by atoms with van der Waals surface area (Å²) in [5, 5.41) is 11.8. The van der Waals surface area contributed by atoms with E-state index in [1.165, 1.54) is 0 Å². The van der Waals surface area contributed by atoms with E-state index in [0.717, 1.165) is 25.0 Å². The van der Waals surface area contributed by atoms with Gasteiger partial charge in [0.1, 0.15) is 5.41 Å². The van der Waals surface area contributed by atoms with Gasteiger partial charge in [-0.1, -0.05) is 6.92 Å². The first-order valence-corrected chi connectivity index (χ1v) is 6.72. The summed E-state index contributed by atoms with van der Waals surface area (Å²) in [7, 11) is 0. The zero-order valence-electron chi connectivity index (χ0n) is 9.38. The van der Waals surface area contributed by atoms with Gasteiger partial charge in [-0.05, 0) is 37.2 Å². The first-order valence-electron chi connectivity index (χ1n) is 5.33. The van der Waals surface area contributed by atoms with Crippen molar-refractivity contribution in [2.45, 2.75) is 26.2 Å². The van der Waals surface area contributed by atoms with Crippen LogP contribution in [0.15, 0.2) is 0 Å². The third-order valence-electron chi connectivity index (χ3n) is 2.92. The average molecular weight is 226 g/mol. The number of thioether (sulfide) groups is 1. The lowest BCUT2D eigenvalue weighted by molar-refractivity contribution is -0.131. The number of hydrogen-bond donors (Lipinski definition) is 1. The van der Waals surface area contributed by atoms with Crippen LogP contribution in [-0.4, -0.2) is 24.5 Å². The van der Waals surface area contributed by atoms with Crippen molar-refractivity contribution >= 4 is 17.7 Å². The minimum absolute atomic E-state index is 0.0656. The lowest BCUT2D eigenvalue weighted by atomic mass is 9.69. The fourth-order valence-corrected chi connectivity index (χ4v) is 2.39. The van der Waals surface area contributed by atoms with Gasteiger partial charge < -0.3 is 5.32 Å². The molecule has 1 unspecified atom stereocenters. The van der Waals surface area contributed by atoms with E-state index in [1.807, 2.05) is 0 Å². The zero-order chi connectivity index (χ0) is 11.3. The van der Waals surface area contributed by atoms with E-state index in [9.17, 15) is 4.79 Å². The third-order valence-corrected chi connectivity index (χ3v) is 3.82. The molecule has 0 saturated heterocycles. The van der Waals surface area contributed by atoms with Crippen molar-refractivity contribution in [1.82, 2.24) is 5.32 Å². The molecule has 0 radical (unpaired) electrons. The van der Waals surface area contributed by atoms with Crippen LogP contribution in [0.25, 0.3) is 0 Å². The first kappa shape index (κ1) is 12.4. The third kappa shape index (κ3) is 2.88. The lowest BCUT2D eigenvalue weighted by Gasteiger charge is -2.33. The molecule has 1 saturated carbocycles. The van der Waals surface area contributed by atoms with Crippen LogP contribution >= 0.6 is 11.8 Å². The van der Waals surface area contributed by atoms with Gasteiger partial charge in [-0.25, -0.2) is 0 Å². The van der Waals surface area contributed by atoms with Crippen molar-refractivity contribution in [2.75, 3.05) is 18.6 Å². The summed E-state index contributed by atoms with van der Waals surface area (Å²) in [6, 6.07) is 2.15. The number of carbonyl (C=O) groups excluding carboxylic acids is 1. The van der Waals surface area contributed by atoms with Gasteiger partial charge in [0.25, 0.3) is 0 Å². The minimum Gasteiger partial charge on any atom is -0.354 e. The molecule has 1 rings (SSSR count). The maximum absolute atomic E-state index is 11.7. The molecule has 0 heterocycles. The van der Waals surface area contributed by atoms with Crippen molar-refractivity contribution in [3.05, 3.63) is 0 Å². The molecular weight excluding hydrogens is 208 g/mol. The molecule has 15 heavy (non-hydrogen) atoms. The zero-order valence-corrected chi connectivity index (χ0v) is 10.2. The summed E-state index contributed by atoms with van der Waals surface area (Å²) in [5.74, 6) is 1.45. The highest BCUT2D eigenvalue weighted by Gasteiger charge is 2.44. The molecule has 3 nitrogen and oxygen atoms in total. The van der Waals surface area contributed by atoms with E-state index >= 15 is 0 Å². The van der Waals surface area contributed by atoms with E-state index in [-0.39, 0.29) is 5.91 Å². The van der Waals surface area contributed by atoms with Gasteiger partial charge in [-0.15, -0.1) is 0 Å². The van der Waals surface area contributed by atoms with Crippen molar-refractivity contribution in [3.63, 3.8) is 0 Å². The number of nitriles is 1. The Labute approximate surface area is 95.6 Å². The maximum Gasteiger partial charge on any atom is 0.240 e. The Kier molecular flexibility index (Phi) is 4.46. The lowest BCUT2D eigenvalue weighted by Crippen LogP contribution is -2.46. The van der Waals surface area contributed by atoms with Gasteiger partial charge in [0, 0.05) is 6.54 Å². The van der Waals surface area contributed by atoms with Crippen LogP contribution in [0.4, 0.5) is 0 Å². The predicted molar refractivity (Wildman–Crippen MR) is 62.5 cm³/mol. The summed E-state index contributed by atoms with van der Waals surface area (Å²) in [5.41, 5.74) is -0.695. The Morgan fingerprint density at radius 3 is 2.73 bits per heavy atom. The number of nitrogens with zero attached hydrogens (tertiary/aromatic N) is 1. The summed E-state index contributed by atoms with van der Waals surface area (Å²) in [6.45, 7) is 2.79. The highest BCUT2D eigenvalue weighted by Crippen LogP contribution is 2.40. The molecule has 0 bridgehead atoms. The van der Waals surface area contributed by atoms with E-state index in [0.29, 0.717) is 12.5 Å². The molecule has 0 aromatic carbocycles. The van der Waals surface area contributed by atoms with Crippen molar-refractivity contribution in [3.8, 4) is 6.07 Å². The maximum atomic E-state index is 11.7. The quantitative estimate of drug-likeness (QED) is 0.777. The highest BCUT2D eigenvalue weighted by atomic mass is 32.2. The summed E-state index contributed by atoms with van der Waals surface area (Å²) < 4.78 is 0. The van der Waals surface area contributed by atoms with E-state index in [1.54, 1.807) is 11.8 Å². The van der Waals surface area contributed by atoms with Crippen LogP contribution < -0.4 is 5.32 Å². The SMILES string of the molecule is CSCC(C)CNC(=O)C1(C#N)CCC1. The molecule has 0 aliphatic heterocycles. The Balaban J connectivity index is 2.33. The molecule has 1 aliphatic carbocycles. The summed E-state index contributed by atoms with van der Waals surface area (Å²) in [4.78, 5) is 11.7. The highest BCUT2D eigenvalue weighted by molar-refractivity contribution is 7.98.